The molecule has 0 spiro atoms. The molecule has 0 atom stereocenters. The third-order valence-corrected chi connectivity index (χ3v) is 2.73. The molecular weight excluding hydrogens is 231 g/mol. The zero-order chi connectivity index (χ0) is 13.1. The van der Waals surface area contributed by atoms with E-state index in [4.69, 9.17) is 4.74 Å². The third kappa shape index (κ3) is 2.88. The fraction of sp³-hybridized carbons (Fsp3) is 0.357. The first-order valence-corrected chi connectivity index (χ1v) is 5.95. The molecule has 0 saturated carbocycles. The Balaban J connectivity index is 2.08. The molecule has 1 heterocycles. The van der Waals surface area contributed by atoms with Crippen molar-refractivity contribution in [2.45, 2.75) is 26.4 Å². The Kier molecular flexibility index (Phi) is 3.65. The lowest BCUT2D eigenvalue weighted by Gasteiger charge is -2.10. The summed E-state index contributed by atoms with van der Waals surface area (Å²) in [5.41, 5.74) is 1.53. The molecule has 96 valence electrons. The number of aromatic nitrogens is 2. The minimum absolute atomic E-state index is 0.142. The minimum Gasteiger partial charge on any atom is -0.487 e. The molecule has 0 aliphatic heterocycles. The van der Waals surface area contributed by atoms with Crippen LogP contribution >= 0.6 is 0 Å². The van der Waals surface area contributed by atoms with Crippen LogP contribution in [0.5, 0.6) is 5.75 Å². The van der Waals surface area contributed by atoms with Crippen molar-refractivity contribution in [3.63, 3.8) is 0 Å². The largest absolute Gasteiger partial charge is 0.487 e. The second-order valence-corrected chi connectivity index (χ2v) is 4.66. The molecule has 2 aromatic rings. The first-order chi connectivity index (χ1) is 8.56. The highest BCUT2D eigenvalue weighted by Crippen LogP contribution is 2.24. The summed E-state index contributed by atoms with van der Waals surface area (Å²) in [6.45, 7) is 4.31. The fourth-order valence-corrected chi connectivity index (χ4v) is 1.75. The molecule has 0 radical (unpaired) electrons. The second kappa shape index (κ2) is 5.21. The van der Waals surface area contributed by atoms with E-state index in [1.165, 1.54) is 6.07 Å². The van der Waals surface area contributed by atoms with Crippen molar-refractivity contribution < 1.29 is 9.13 Å². The molecule has 1 aromatic heterocycles. The molecule has 0 aliphatic rings. The second-order valence-electron chi connectivity index (χ2n) is 4.66. The van der Waals surface area contributed by atoms with Gasteiger partial charge in [0.25, 0.3) is 0 Å². The van der Waals surface area contributed by atoms with Gasteiger partial charge in [0.1, 0.15) is 18.2 Å². The number of benzene rings is 1. The topological polar surface area (TPSA) is 27.1 Å². The van der Waals surface area contributed by atoms with Crippen molar-refractivity contribution in [3.05, 3.63) is 47.8 Å². The van der Waals surface area contributed by atoms with E-state index in [1.54, 1.807) is 18.5 Å². The Morgan fingerprint density at radius 2 is 2.17 bits per heavy atom. The normalized spacial score (nSPS) is 10.9. The fourth-order valence-electron chi connectivity index (χ4n) is 1.75. The van der Waals surface area contributed by atoms with Gasteiger partial charge in [0, 0.05) is 13.2 Å². The zero-order valence-corrected chi connectivity index (χ0v) is 10.9. The van der Waals surface area contributed by atoms with Crippen LogP contribution in [0.2, 0.25) is 0 Å². The maximum Gasteiger partial charge on any atom is 0.132 e. The van der Waals surface area contributed by atoms with Crippen LogP contribution in [0, 0.1) is 5.82 Å². The standard InChI is InChI=1S/C14H17FN2O/c1-10(2)13-6-12(4-5-14(13)15)18-8-11-7-17(3)9-16-11/h4-7,9-10H,8H2,1-3H3. The van der Waals surface area contributed by atoms with Crippen molar-refractivity contribution in [2.24, 2.45) is 7.05 Å². The quantitative estimate of drug-likeness (QED) is 0.830. The monoisotopic (exact) mass is 248 g/mol. The number of aryl methyl sites for hydroxylation is 1. The van der Waals surface area contributed by atoms with Gasteiger partial charge in [0.15, 0.2) is 0 Å². The van der Waals surface area contributed by atoms with Crippen molar-refractivity contribution >= 4 is 0 Å². The van der Waals surface area contributed by atoms with Gasteiger partial charge in [0.05, 0.1) is 12.0 Å². The number of rotatable bonds is 4. The lowest BCUT2D eigenvalue weighted by molar-refractivity contribution is 0.301. The molecule has 0 fully saturated rings. The summed E-state index contributed by atoms with van der Waals surface area (Å²) < 4.78 is 21.0. The van der Waals surface area contributed by atoms with E-state index >= 15 is 0 Å². The van der Waals surface area contributed by atoms with Crippen LogP contribution in [-0.4, -0.2) is 9.55 Å². The molecule has 18 heavy (non-hydrogen) atoms. The molecule has 0 saturated heterocycles. The maximum absolute atomic E-state index is 13.5. The number of hydrogen-bond acceptors (Lipinski definition) is 2. The van der Waals surface area contributed by atoms with Gasteiger partial charge in [-0.1, -0.05) is 13.8 Å². The lowest BCUT2D eigenvalue weighted by Crippen LogP contribution is -1.98. The van der Waals surface area contributed by atoms with E-state index in [0.29, 0.717) is 17.9 Å². The van der Waals surface area contributed by atoms with Crippen LogP contribution in [0.25, 0.3) is 0 Å². The zero-order valence-electron chi connectivity index (χ0n) is 10.9. The Morgan fingerprint density at radius 1 is 1.39 bits per heavy atom. The molecule has 1 aromatic carbocycles. The molecule has 0 aliphatic carbocycles. The molecule has 0 bridgehead atoms. The molecule has 4 heteroatoms. The van der Waals surface area contributed by atoms with Crippen molar-refractivity contribution in [3.8, 4) is 5.75 Å². The van der Waals surface area contributed by atoms with Crippen molar-refractivity contribution in [2.75, 3.05) is 0 Å². The van der Waals surface area contributed by atoms with Crippen LogP contribution in [0.1, 0.15) is 31.0 Å². The van der Waals surface area contributed by atoms with Crippen LogP contribution in [0.15, 0.2) is 30.7 Å². The molecule has 3 nitrogen and oxygen atoms in total. The van der Waals surface area contributed by atoms with Gasteiger partial charge in [-0.15, -0.1) is 0 Å². The van der Waals surface area contributed by atoms with Gasteiger partial charge in [0.2, 0.25) is 0 Å². The molecule has 0 unspecified atom stereocenters. The number of imidazole rings is 1. The number of nitrogens with zero attached hydrogens (tertiary/aromatic N) is 2. The Hall–Kier alpha value is -1.84. The summed E-state index contributed by atoms with van der Waals surface area (Å²) in [4.78, 5) is 4.17. The third-order valence-electron chi connectivity index (χ3n) is 2.73. The number of ether oxygens (including phenoxy) is 1. The highest BCUT2D eigenvalue weighted by Gasteiger charge is 2.08. The number of halogens is 1. The van der Waals surface area contributed by atoms with E-state index in [-0.39, 0.29) is 11.7 Å². The van der Waals surface area contributed by atoms with Gasteiger partial charge in [-0.2, -0.15) is 0 Å². The van der Waals surface area contributed by atoms with Crippen LogP contribution in [0.3, 0.4) is 0 Å². The van der Waals surface area contributed by atoms with E-state index in [1.807, 2.05) is 31.7 Å². The summed E-state index contributed by atoms with van der Waals surface area (Å²) in [7, 11) is 1.91. The summed E-state index contributed by atoms with van der Waals surface area (Å²) in [6.07, 6.45) is 3.62. The highest BCUT2D eigenvalue weighted by molar-refractivity contribution is 5.31. The molecule has 0 amide bonds. The summed E-state index contributed by atoms with van der Waals surface area (Å²) in [5.74, 6) is 0.629. The predicted octanol–water partition coefficient (Wildman–Crippen LogP) is 3.26. The van der Waals surface area contributed by atoms with Gasteiger partial charge in [-0.05, 0) is 29.7 Å². The first kappa shape index (κ1) is 12.6. The van der Waals surface area contributed by atoms with Gasteiger partial charge in [-0.3, -0.25) is 0 Å². The summed E-state index contributed by atoms with van der Waals surface area (Å²) in [5, 5.41) is 0. The van der Waals surface area contributed by atoms with Crippen LogP contribution < -0.4 is 4.74 Å². The van der Waals surface area contributed by atoms with Crippen molar-refractivity contribution in [1.82, 2.24) is 9.55 Å². The molecule has 0 N–H and O–H groups in total. The Bertz CT molecular complexity index is 534. The van der Waals surface area contributed by atoms with Gasteiger partial charge < -0.3 is 9.30 Å². The van der Waals surface area contributed by atoms with Crippen LogP contribution in [0.4, 0.5) is 4.39 Å². The average Bonchev–Trinajstić information content (AvgIpc) is 2.74. The van der Waals surface area contributed by atoms with Gasteiger partial charge in [-0.25, -0.2) is 9.37 Å². The van der Waals surface area contributed by atoms with Crippen molar-refractivity contribution in [1.29, 1.82) is 0 Å². The average molecular weight is 248 g/mol. The maximum atomic E-state index is 13.5. The van der Waals surface area contributed by atoms with E-state index < -0.39 is 0 Å². The van der Waals surface area contributed by atoms with E-state index in [9.17, 15) is 4.39 Å². The minimum atomic E-state index is -0.185. The summed E-state index contributed by atoms with van der Waals surface area (Å²) in [6, 6.07) is 4.84. The predicted molar refractivity (Wildman–Crippen MR) is 68.0 cm³/mol. The SMILES string of the molecule is CC(C)c1cc(OCc2cn(C)cn2)ccc1F. The van der Waals surface area contributed by atoms with E-state index in [0.717, 1.165) is 5.69 Å². The molecule has 2 rings (SSSR count). The summed E-state index contributed by atoms with van der Waals surface area (Å²) >= 11 is 0. The molecular formula is C14H17FN2O. The Morgan fingerprint density at radius 3 is 2.78 bits per heavy atom. The smallest absolute Gasteiger partial charge is 0.132 e. The lowest BCUT2D eigenvalue weighted by atomic mass is 10.0. The highest BCUT2D eigenvalue weighted by atomic mass is 19.1. The first-order valence-electron chi connectivity index (χ1n) is 5.95. The number of hydrogen-bond donors (Lipinski definition) is 0. The van der Waals surface area contributed by atoms with E-state index in [2.05, 4.69) is 4.98 Å². The van der Waals surface area contributed by atoms with Crippen LogP contribution in [-0.2, 0) is 13.7 Å². The Labute approximate surface area is 106 Å². The van der Waals surface area contributed by atoms with Gasteiger partial charge >= 0.3 is 0 Å².